The first-order valence-corrected chi connectivity index (χ1v) is 4.78. The van der Waals surface area contributed by atoms with E-state index in [9.17, 15) is 19.9 Å². The Labute approximate surface area is 77.6 Å². The Bertz CT molecular complexity index is 209. The average molecular weight is 212 g/mol. The average Bonchev–Trinajstić information content (AvgIpc) is 2.48. The first-order valence-electron chi connectivity index (χ1n) is 3.64. The molecule has 1 heterocycles. The van der Waals surface area contributed by atoms with E-state index >= 15 is 0 Å². The number of hydrogen-bond donors (Lipinski definition) is 5. The van der Waals surface area contributed by atoms with Gasteiger partial charge in [-0.25, -0.2) is 0 Å². The summed E-state index contributed by atoms with van der Waals surface area (Å²) in [4.78, 5) is -4.17. The van der Waals surface area contributed by atoms with Crippen LogP contribution in [0.1, 0.15) is 6.92 Å². The summed E-state index contributed by atoms with van der Waals surface area (Å²) in [5.74, 6) is 0. The smallest absolute Gasteiger partial charge is 0.331 e. The fourth-order valence-electron chi connectivity index (χ4n) is 1.14. The van der Waals surface area contributed by atoms with Crippen molar-refractivity contribution in [2.24, 2.45) is 0 Å². The fraction of sp³-hybridized carbons (Fsp3) is 1.00. The van der Waals surface area contributed by atoms with Gasteiger partial charge in [0.2, 0.25) is 0 Å². The molecule has 1 saturated heterocycles. The molecule has 1 aliphatic heterocycles. The van der Waals surface area contributed by atoms with E-state index in [-0.39, 0.29) is 0 Å². The van der Waals surface area contributed by atoms with Crippen LogP contribution < -0.4 is 0 Å². The zero-order valence-electron chi connectivity index (χ0n) is 6.91. The zero-order valence-corrected chi connectivity index (χ0v) is 7.73. The van der Waals surface area contributed by atoms with Gasteiger partial charge in [0, 0.05) is 18.1 Å². The van der Waals surface area contributed by atoms with Gasteiger partial charge in [-0.2, -0.15) is 0 Å². The normalized spacial score (nSPS) is 48.7. The summed E-state index contributed by atoms with van der Waals surface area (Å²) >= 11 is -2.04. The van der Waals surface area contributed by atoms with Gasteiger partial charge in [0.15, 0.2) is 6.10 Å². The van der Waals surface area contributed by atoms with E-state index in [4.69, 9.17) is 10.2 Å². The molecule has 13 heavy (non-hydrogen) atoms. The first kappa shape index (κ1) is 11.2. The van der Waals surface area contributed by atoms with Crippen LogP contribution in [0.2, 0.25) is 0 Å². The summed E-state index contributed by atoms with van der Waals surface area (Å²) in [7, 11) is 0. The van der Waals surface area contributed by atoms with Crippen LogP contribution in [0.3, 0.4) is 0 Å². The minimum absolute atomic E-state index is 0.781. The van der Waals surface area contributed by atoms with Crippen molar-refractivity contribution < 1.29 is 30.1 Å². The predicted octanol–water partition coefficient (Wildman–Crippen LogP) is -3.14. The van der Waals surface area contributed by atoms with Gasteiger partial charge >= 0.3 is 9.87 Å². The third-order valence-electron chi connectivity index (χ3n) is 2.22. The van der Waals surface area contributed by atoms with E-state index in [1.54, 1.807) is 0 Å². The van der Waals surface area contributed by atoms with Gasteiger partial charge in [-0.05, 0) is 0 Å². The Hall–Kier alpha value is 0.110. The van der Waals surface area contributed by atoms with Crippen molar-refractivity contribution in [1.82, 2.24) is 0 Å². The second-order valence-corrected chi connectivity index (χ2v) is 5.10. The standard InChI is InChI=1S/C6H12O6S/c1-5(10)6(11,13(5)12)4(9)3(8)2-7/h3-4,7-11H,2H2,1H3/t3-,4-,5+,6-,13?/m1/s1. The molecule has 5 N–H and O–H groups in total. The lowest BCUT2D eigenvalue weighted by molar-refractivity contribution is -0.112. The summed E-state index contributed by atoms with van der Waals surface area (Å²) in [6.07, 6.45) is -3.45. The summed E-state index contributed by atoms with van der Waals surface area (Å²) in [6.45, 7) is 0.299. The van der Waals surface area contributed by atoms with E-state index in [0.29, 0.717) is 0 Å². The lowest BCUT2D eigenvalue weighted by Gasteiger charge is -2.16. The number of aliphatic hydroxyl groups is 5. The van der Waals surface area contributed by atoms with Crippen LogP contribution in [0.15, 0.2) is 0 Å². The van der Waals surface area contributed by atoms with Gasteiger partial charge in [0.1, 0.15) is 6.10 Å². The van der Waals surface area contributed by atoms with E-state index in [0.717, 1.165) is 6.92 Å². The van der Waals surface area contributed by atoms with E-state index in [1.165, 1.54) is 0 Å². The monoisotopic (exact) mass is 212 g/mol. The van der Waals surface area contributed by atoms with Crippen LogP contribution in [0.4, 0.5) is 0 Å². The highest BCUT2D eigenvalue weighted by molar-refractivity contribution is 8.01. The van der Waals surface area contributed by atoms with Gasteiger partial charge in [-0.1, -0.05) is 0 Å². The van der Waals surface area contributed by atoms with Crippen LogP contribution in [0, 0.1) is 0 Å². The Morgan fingerprint density at radius 1 is 1.38 bits per heavy atom. The minimum Gasteiger partial charge on any atom is -0.611 e. The van der Waals surface area contributed by atoms with Crippen LogP contribution in [0.25, 0.3) is 0 Å². The molecule has 1 aliphatic rings. The van der Waals surface area contributed by atoms with Crippen LogP contribution in [-0.4, -0.2) is 58.8 Å². The van der Waals surface area contributed by atoms with Gasteiger partial charge < -0.3 is 30.1 Å². The van der Waals surface area contributed by atoms with Crippen molar-refractivity contribution >= 4 is 11.2 Å². The number of aliphatic hydroxyl groups excluding tert-OH is 3. The molecule has 0 aliphatic carbocycles. The first-order chi connectivity index (χ1) is 5.80. The molecule has 5 atom stereocenters. The van der Waals surface area contributed by atoms with E-state index in [2.05, 4.69) is 0 Å². The molecule has 7 heteroatoms. The molecule has 0 amide bonds. The molecule has 0 aromatic rings. The van der Waals surface area contributed by atoms with Gasteiger partial charge in [-0.15, -0.1) is 0 Å². The molecule has 6 nitrogen and oxygen atoms in total. The minimum atomic E-state index is -2.24. The summed E-state index contributed by atoms with van der Waals surface area (Å²) in [5.41, 5.74) is 0. The molecule has 1 rings (SSSR count). The molecular weight excluding hydrogens is 200 g/mol. The van der Waals surface area contributed by atoms with Crippen molar-refractivity contribution in [3.8, 4) is 0 Å². The van der Waals surface area contributed by atoms with Crippen molar-refractivity contribution in [3.63, 3.8) is 0 Å². The highest BCUT2D eigenvalue weighted by Gasteiger charge is 2.87. The SMILES string of the molecule is C[C@]1(O)[S+]([O-])[C@]1(O)[C@H](O)[C@H](O)CO. The lowest BCUT2D eigenvalue weighted by atomic mass is 10.0. The Morgan fingerprint density at radius 3 is 2.00 bits per heavy atom. The Morgan fingerprint density at radius 2 is 1.77 bits per heavy atom. The lowest BCUT2D eigenvalue weighted by Crippen LogP contribution is -2.46. The quantitative estimate of drug-likeness (QED) is 0.249. The Balaban J connectivity index is 2.74. The van der Waals surface area contributed by atoms with Gasteiger partial charge in [0.25, 0.3) is 0 Å². The molecule has 0 radical (unpaired) electrons. The highest BCUT2D eigenvalue weighted by atomic mass is 32.2. The van der Waals surface area contributed by atoms with Gasteiger partial charge in [-0.3, -0.25) is 0 Å². The molecule has 0 spiro atoms. The molecule has 1 unspecified atom stereocenters. The van der Waals surface area contributed by atoms with Crippen molar-refractivity contribution in [1.29, 1.82) is 0 Å². The van der Waals surface area contributed by atoms with Crippen molar-refractivity contribution in [3.05, 3.63) is 0 Å². The second kappa shape index (κ2) is 3.06. The van der Waals surface area contributed by atoms with Crippen LogP contribution >= 0.6 is 0 Å². The number of rotatable bonds is 3. The molecule has 0 saturated carbocycles. The van der Waals surface area contributed by atoms with E-state index in [1.807, 2.05) is 0 Å². The zero-order chi connectivity index (χ0) is 10.4. The fourth-order valence-corrected chi connectivity index (χ4v) is 2.54. The molecule has 1 fully saturated rings. The molecule has 78 valence electrons. The van der Waals surface area contributed by atoms with Crippen molar-refractivity contribution in [2.45, 2.75) is 29.0 Å². The van der Waals surface area contributed by atoms with Crippen LogP contribution in [-0.2, 0) is 11.2 Å². The highest BCUT2D eigenvalue weighted by Crippen LogP contribution is 2.54. The molecule has 0 bridgehead atoms. The summed E-state index contributed by atoms with van der Waals surface area (Å²) in [6, 6.07) is 0. The van der Waals surface area contributed by atoms with E-state index < -0.39 is 39.9 Å². The topological polar surface area (TPSA) is 124 Å². The second-order valence-electron chi connectivity index (χ2n) is 3.14. The van der Waals surface area contributed by atoms with Gasteiger partial charge in [0.05, 0.1) is 6.61 Å². The molecular formula is C6H12O6S. The predicted molar refractivity (Wildman–Crippen MR) is 42.8 cm³/mol. The maximum atomic E-state index is 11.0. The number of hydrogen-bond acceptors (Lipinski definition) is 6. The maximum absolute atomic E-state index is 11.0. The van der Waals surface area contributed by atoms with Crippen molar-refractivity contribution in [2.75, 3.05) is 6.61 Å². The van der Waals surface area contributed by atoms with Crippen LogP contribution in [0.5, 0.6) is 0 Å². The third kappa shape index (κ3) is 1.28. The summed E-state index contributed by atoms with van der Waals surface area (Å²) in [5, 5.41) is 45.3. The maximum Gasteiger partial charge on any atom is 0.331 e. The largest absolute Gasteiger partial charge is 0.611 e. The third-order valence-corrected chi connectivity index (χ3v) is 4.25. The molecule has 0 aromatic carbocycles. The molecule has 0 aromatic heterocycles. The summed E-state index contributed by atoms with van der Waals surface area (Å²) < 4.78 is 11.0. The Kier molecular flexibility index (Phi) is 2.63.